The second kappa shape index (κ2) is 9.76. The van der Waals surface area contributed by atoms with Crippen molar-refractivity contribution in [2.45, 2.75) is 31.2 Å². The van der Waals surface area contributed by atoms with Gasteiger partial charge in [-0.2, -0.15) is 0 Å². The van der Waals surface area contributed by atoms with Crippen LogP contribution >= 0.6 is 23.4 Å². The fraction of sp³-hybridized carbons (Fsp3) is 0.250. The van der Waals surface area contributed by atoms with Gasteiger partial charge in [0, 0.05) is 5.02 Å². The molecule has 0 bridgehead atoms. The van der Waals surface area contributed by atoms with Crippen molar-refractivity contribution in [3.8, 4) is 5.75 Å². The molecule has 2 aromatic carbocycles. The number of rotatable bonds is 8. The minimum Gasteiger partial charge on any atom is -0.481 e. The van der Waals surface area contributed by atoms with Crippen LogP contribution in [0, 0.1) is 5.82 Å². The van der Waals surface area contributed by atoms with E-state index in [2.05, 4.69) is 15.5 Å². The van der Waals surface area contributed by atoms with E-state index in [0.29, 0.717) is 10.8 Å². The van der Waals surface area contributed by atoms with Crippen LogP contribution in [0.25, 0.3) is 0 Å². The topological polar surface area (TPSA) is 77.2 Å². The Bertz CT molecular complexity index is 968. The molecule has 1 heterocycles. The number of ether oxygens (including phenoxy) is 1. The standard InChI is InChI=1S/C20H19ClFN3O3S/c1-12(16-5-3-4-6-17(16)21)23-18(26)11-29-20-25-24-19(28-20)13(2)27-15-9-7-14(22)8-10-15/h3-10,12-13H,11H2,1-2H3,(H,23,26)/t12-,13+/m1/s1. The summed E-state index contributed by atoms with van der Waals surface area (Å²) in [4.78, 5) is 12.2. The number of amides is 1. The van der Waals surface area contributed by atoms with Crippen LogP contribution in [0.1, 0.15) is 37.4 Å². The van der Waals surface area contributed by atoms with Crippen LogP contribution in [-0.4, -0.2) is 21.9 Å². The lowest BCUT2D eigenvalue weighted by Crippen LogP contribution is -2.28. The van der Waals surface area contributed by atoms with Gasteiger partial charge in [0.2, 0.25) is 5.91 Å². The zero-order valence-electron chi connectivity index (χ0n) is 15.8. The van der Waals surface area contributed by atoms with Crippen LogP contribution in [0.4, 0.5) is 4.39 Å². The molecule has 0 radical (unpaired) electrons. The molecule has 3 rings (SSSR count). The van der Waals surface area contributed by atoms with Crippen molar-refractivity contribution in [3.63, 3.8) is 0 Å². The summed E-state index contributed by atoms with van der Waals surface area (Å²) in [5.74, 6) is 0.339. The van der Waals surface area contributed by atoms with E-state index < -0.39 is 6.10 Å². The first kappa shape index (κ1) is 21.1. The Morgan fingerprint density at radius 2 is 1.93 bits per heavy atom. The molecule has 0 aliphatic carbocycles. The zero-order chi connectivity index (χ0) is 20.8. The number of halogens is 2. The summed E-state index contributed by atoms with van der Waals surface area (Å²) in [5.41, 5.74) is 0.847. The van der Waals surface area contributed by atoms with Crippen LogP contribution in [0.15, 0.2) is 58.2 Å². The number of carbonyl (C=O) groups excluding carboxylic acids is 1. The van der Waals surface area contributed by atoms with Gasteiger partial charge in [0.1, 0.15) is 11.6 Å². The van der Waals surface area contributed by atoms with E-state index in [-0.39, 0.29) is 34.6 Å². The molecule has 1 N–H and O–H groups in total. The van der Waals surface area contributed by atoms with E-state index >= 15 is 0 Å². The highest BCUT2D eigenvalue weighted by Gasteiger charge is 2.18. The van der Waals surface area contributed by atoms with E-state index in [0.717, 1.165) is 17.3 Å². The summed E-state index contributed by atoms with van der Waals surface area (Å²) in [6.07, 6.45) is -0.517. The Labute approximate surface area is 176 Å². The molecule has 1 aromatic heterocycles. The SMILES string of the molecule is C[C@H](Oc1ccc(F)cc1)c1nnc(SCC(=O)N[C@H](C)c2ccccc2Cl)o1. The highest BCUT2D eigenvalue weighted by Crippen LogP contribution is 2.25. The number of thioether (sulfide) groups is 1. The second-order valence-electron chi connectivity index (χ2n) is 6.22. The molecule has 1 amide bonds. The maximum absolute atomic E-state index is 13.0. The van der Waals surface area contributed by atoms with Crippen molar-refractivity contribution in [1.29, 1.82) is 0 Å². The average Bonchev–Trinajstić information content (AvgIpc) is 3.18. The minimum atomic E-state index is -0.517. The number of nitrogens with zero attached hydrogens (tertiary/aromatic N) is 2. The minimum absolute atomic E-state index is 0.115. The third kappa shape index (κ3) is 5.95. The molecule has 0 saturated heterocycles. The van der Waals surface area contributed by atoms with Gasteiger partial charge in [-0.25, -0.2) is 4.39 Å². The molecule has 3 aromatic rings. The quantitative estimate of drug-likeness (QED) is 0.503. The second-order valence-corrected chi connectivity index (χ2v) is 7.55. The Balaban J connectivity index is 1.50. The Hall–Kier alpha value is -2.58. The van der Waals surface area contributed by atoms with Gasteiger partial charge in [0.05, 0.1) is 11.8 Å². The van der Waals surface area contributed by atoms with Crippen LogP contribution in [0.3, 0.4) is 0 Å². The highest BCUT2D eigenvalue weighted by molar-refractivity contribution is 7.99. The third-order valence-corrected chi connectivity index (χ3v) is 5.13. The normalized spacial score (nSPS) is 13.0. The lowest BCUT2D eigenvalue weighted by Gasteiger charge is -2.15. The van der Waals surface area contributed by atoms with Gasteiger partial charge in [-0.15, -0.1) is 10.2 Å². The van der Waals surface area contributed by atoms with Gasteiger partial charge in [-0.05, 0) is 49.7 Å². The first-order valence-corrected chi connectivity index (χ1v) is 10.2. The largest absolute Gasteiger partial charge is 0.481 e. The molecule has 6 nitrogen and oxygen atoms in total. The van der Waals surface area contributed by atoms with Crippen LogP contribution in [-0.2, 0) is 4.79 Å². The molecule has 0 aliphatic heterocycles. The maximum Gasteiger partial charge on any atom is 0.277 e. The van der Waals surface area contributed by atoms with E-state index in [9.17, 15) is 9.18 Å². The number of hydrogen-bond donors (Lipinski definition) is 1. The molecule has 0 spiro atoms. The zero-order valence-corrected chi connectivity index (χ0v) is 17.3. The maximum atomic E-state index is 13.0. The van der Waals surface area contributed by atoms with Gasteiger partial charge in [-0.1, -0.05) is 41.6 Å². The van der Waals surface area contributed by atoms with Crippen molar-refractivity contribution in [1.82, 2.24) is 15.5 Å². The molecular formula is C20H19ClFN3O3S. The lowest BCUT2D eigenvalue weighted by atomic mass is 10.1. The smallest absolute Gasteiger partial charge is 0.277 e. The summed E-state index contributed by atoms with van der Waals surface area (Å²) < 4.78 is 24.1. The van der Waals surface area contributed by atoms with Crippen molar-refractivity contribution >= 4 is 29.3 Å². The summed E-state index contributed by atoms with van der Waals surface area (Å²) in [6, 6.07) is 12.8. The van der Waals surface area contributed by atoms with Crippen molar-refractivity contribution in [2.24, 2.45) is 0 Å². The summed E-state index contributed by atoms with van der Waals surface area (Å²) >= 11 is 7.28. The van der Waals surface area contributed by atoms with E-state index in [1.165, 1.54) is 24.3 Å². The molecule has 0 unspecified atom stereocenters. The fourth-order valence-electron chi connectivity index (χ4n) is 2.53. The predicted molar refractivity (Wildman–Crippen MR) is 108 cm³/mol. The fourth-order valence-corrected chi connectivity index (χ4v) is 3.41. The van der Waals surface area contributed by atoms with E-state index in [4.69, 9.17) is 20.8 Å². The lowest BCUT2D eigenvalue weighted by molar-refractivity contribution is -0.119. The number of benzene rings is 2. The Morgan fingerprint density at radius 3 is 2.66 bits per heavy atom. The molecular weight excluding hydrogens is 417 g/mol. The van der Waals surface area contributed by atoms with Gasteiger partial charge >= 0.3 is 0 Å². The first-order chi connectivity index (χ1) is 13.9. The molecule has 29 heavy (non-hydrogen) atoms. The molecule has 0 saturated carbocycles. The van der Waals surface area contributed by atoms with Crippen LogP contribution < -0.4 is 10.1 Å². The van der Waals surface area contributed by atoms with E-state index in [1.807, 2.05) is 25.1 Å². The van der Waals surface area contributed by atoms with Gasteiger partial charge in [-0.3, -0.25) is 4.79 Å². The molecule has 0 fully saturated rings. The molecule has 0 aliphatic rings. The van der Waals surface area contributed by atoms with Crippen molar-refractivity contribution < 1.29 is 18.3 Å². The van der Waals surface area contributed by atoms with Crippen molar-refractivity contribution in [3.05, 3.63) is 70.8 Å². The molecule has 152 valence electrons. The Morgan fingerprint density at radius 1 is 1.21 bits per heavy atom. The van der Waals surface area contributed by atoms with Gasteiger partial charge < -0.3 is 14.5 Å². The van der Waals surface area contributed by atoms with Gasteiger partial charge in [0.15, 0.2) is 6.10 Å². The number of hydrogen-bond acceptors (Lipinski definition) is 6. The number of carbonyl (C=O) groups is 1. The predicted octanol–water partition coefficient (Wildman–Crippen LogP) is 4.97. The van der Waals surface area contributed by atoms with Gasteiger partial charge in [0.25, 0.3) is 11.1 Å². The number of aromatic nitrogens is 2. The summed E-state index contributed by atoms with van der Waals surface area (Å²) in [5, 5.41) is 11.6. The van der Waals surface area contributed by atoms with Crippen molar-refractivity contribution in [2.75, 3.05) is 5.75 Å². The van der Waals surface area contributed by atoms with E-state index in [1.54, 1.807) is 13.0 Å². The molecule has 9 heteroatoms. The third-order valence-electron chi connectivity index (χ3n) is 3.97. The Kier molecular flexibility index (Phi) is 7.11. The number of nitrogens with one attached hydrogen (secondary N) is 1. The molecule has 2 atom stereocenters. The first-order valence-electron chi connectivity index (χ1n) is 8.84. The average molecular weight is 436 g/mol. The summed E-state index contributed by atoms with van der Waals surface area (Å²) in [7, 11) is 0. The van der Waals surface area contributed by atoms with Crippen LogP contribution in [0.5, 0.6) is 5.75 Å². The van der Waals surface area contributed by atoms with Crippen LogP contribution in [0.2, 0.25) is 5.02 Å². The summed E-state index contributed by atoms with van der Waals surface area (Å²) in [6.45, 7) is 3.60. The highest BCUT2D eigenvalue weighted by atomic mass is 35.5. The monoisotopic (exact) mass is 435 g/mol.